The second kappa shape index (κ2) is 5.24. The highest BCUT2D eigenvalue weighted by atomic mass is 16.4. The van der Waals surface area contributed by atoms with Crippen LogP contribution in [0.1, 0.15) is 23.2 Å². The summed E-state index contributed by atoms with van der Waals surface area (Å²) in [5.74, 6) is -1.08. The molecule has 1 N–H and O–H groups in total. The average Bonchev–Trinajstić information content (AvgIpc) is 2.84. The monoisotopic (exact) mass is 286 g/mol. The SMILES string of the molecule is Cn1cc(C(=O)N2CCC(C(=O)O)CC2)c2ccccc21. The van der Waals surface area contributed by atoms with Gasteiger partial charge < -0.3 is 14.6 Å². The van der Waals surface area contributed by atoms with Gasteiger partial charge in [-0.1, -0.05) is 18.2 Å². The van der Waals surface area contributed by atoms with Crippen molar-refractivity contribution in [3.63, 3.8) is 0 Å². The van der Waals surface area contributed by atoms with E-state index in [0.29, 0.717) is 31.5 Å². The van der Waals surface area contributed by atoms with Crippen LogP contribution in [-0.2, 0) is 11.8 Å². The molecule has 1 aromatic heterocycles. The fourth-order valence-electron chi connectivity index (χ4n) is 3.01. The third-order valence-electron chi connectivity index (χ3n) is 4.26. The van der Waals surface area contributed by atoms with Gasteiger partial charge in [-0.25, -0.2) is 0 Å². The summed E-state index contributed by atoms with van der Waals surface area (Å²) in [5, 5.41) is 9.97. The van der Waals surface area contributed by atoms with Gasteiger partial charge in [-0.2, -0.15) is 0 Å². The molecule has 1 amide bonds. The number of carboxylic acids is 1. The van der Waals surface area contributed by atoms with Crippen molar-refractivity contribution in [2.45, 2.75) is 12.8 Å². The van der Waals surface area contributed by atoms with Gasteiger partial charge in [0.25, 0.3) is 5.91 Å². The highest BCUT2D eigenvalue weighted by Gasteiger charge is 2.28. The molecule has 0 saturated carbocycles. The predicted octanol–water partition coefficient (Wildman–Crippen LogP) is 2.12. The lowest BCUT2D eigenvalue weighted by atomic mass is 9.96. The van der Waals surface area contributed by atoms with E-state index in [1.165, 1.54) is 0 Å². The van der Waals surface area contributed by atoms with Gasteiger partial charge in [0.05, 0.1) is 11.5 Å². The summed E-state index contributed by atoms with van der Waals surface area (Å²) in [4.78, 5) is 25.4. The fourth-order valence-corrected chi connectivity index (χ4v) is 3.01. The molecule has 0 atom stereocenters. The Hall–Kier alpha value is -2.30. The Bertz CT molecular complexity index is 697. The predicted molar refractivity (Wildman–Crippen MR) is 79.2 cm³/mol. The smallest absolute Gasteiger partial charge is 0.306 e. The summed E-state index contributed by atoms with van der Waals surface area (Å²) in [6, 6.07) is 7.82. The molecule has 1 saturated heterocycles. The highest BCUT2D eigenvalue weighted by Crippen LogP contribution is 2.24. The van der Waals surface area contributed by atoms with Gasteiger partial charge in [-0.15, -0.1) is 0 Å². The van der Waals surface area contributed by atoms with E-state index < -0.39 is 5.97 Å². The van der Waals surface area contributed by atoms with Gasteiger partial charge in [0.2, 0.25) is 0 Å². The molecule has 0 aliphatic carbocycles. The lowest BCUT2D eigenvalue weighted by molar-refractivity contribution is -0.143. The summed E-state index contributed by atoms with van der Waals surface area (Å²) in [5.41, 5.74) is 1.73. The molecule has 1 aromatic carbocycles. The number of rotatable bonds is 2. The molecule has 21 heavy (non-hydrogen) atoms. The van der Waals surface area contributed by atoms with Gasteiger partial charge in [-0.3, -0.25) is 9.59 Å². The zero-order valence-corrected chi connectivity index (χ0v) is 12.0. The van der Waals surface area contributed by atoms with Gasteiger partial charge in [0.15, 0.2) is 0 Å². The van der Waals surface area contributed by atoms with Crippen LogP contribution in [0.5, 0.6) is 0 Å². The minimum absolute atomic E-state index is 0.00404. The number of hydrogen-bond acceptors (Lipinski definition) is 2. The Morgan fingerprint density at radius 2 is 1.86 bits per heavy atom. The van der Waals surface area contributed by atoms with Crippen molar-refractivity contribution in [3.8, 4) is 0 Å². The number of aromatic nitrogens is 1. The van der Waals surface area contributed by atoms with Crippen molar-refractivity contribution >= 4 is 22.8 Å². The number of carbonyl (C=O) groups is 2. The first kappa shape index (κ1) is 13.7. The van der Waals surface area contributed by atoms with Crippen LogP contribution in [0.15, 0.2) is 30.5 Å². The Labute approximate surface area is 122 Å². The zero-order chi connectivity index (χ0) is 15.0. The molecule has 5 nitrogen and oxygen atoms in total. The van der Waals surface area contributed by atoms with E-state index in [1.54, 1.807) is 4.90 Å². The third kappa shape index (κ3) is 2.39. The molecule has 1 fully saturated rings. The van der Waals surface area contributed by atoms with E-state index in [0.717, 1.165) is 10.9 Å². The van der Waals surface area contributed by atoms with Gasteiger partial charge >= 0.3 is 5.97 Å². The molecule has 0 spiro atoms. The van der Waals surface area contributed by atoms with Crippen LogP contribution in [0.2, 0.25) is 0 Å². The van der Waals surface area contributed by atoms with Crippen LogP contribution in [0, 0.1) is 5.92 Å². The molecule has 110 valence electrons. The molecule has 1 aliphatic rings. The number of carbonyl (C=O) groups excluding carboxylic acids is 1. The molecular formula is C16H18N2O3. The molecule has 2 aromatic rings. The molecule has 0 unspecified atom stereocenters. The van der Waals surface area contributed by atoms with Crippen LogP contribution in [0.4, 0.5) is 0 Å². The number of nitrogens with zero attached hydrogens (tertiary/aromatic N) is 2. The Kier molecular flexibility index (Phi) is 3.41. The van der Waals surface area contributed by atoms with E-state index in [2.05, 4.69) is 0 Å². The number of para-hydroxylation sites is 1. The highest BCUT2D eigenvalue weighted by molar-refractivity contribution is 6.07. The standard InChI is InChI=1S/C16H18N2O3/c1-17-10-13(12-4-2-3-5-14(12)17)15(19)18-8-6-11(7-9-18)16(20)21/h2-5,10-11H,6-9H2,1H3,(H,20,21). The maximum absolute atomic E-state index is 12.7. The maximum Gasteiger partial charge on any atom is 0.306 e. The molecular weight excluding hydrogens is 268 g/mol. The number of benzene rings is 1. The van der Waals surface area contributed by atoms with Crippen molar-refractivity contribution in [1.29, 1.82) is 0 Å². The van der Waals surface area contributed by atoms with Crippen molar-refractivity contribution in [2.24, 2.45) is 13.0 Å². The summed E-state index contributed by atoms with van der Waals surface area (Å²) >= 11 is 0. The Balaban J connectivity index is 1.84. The second-order valence-electron chi connectivity index (χ2n) is 5.58. The number of carboxylic acid groups (broad SMARTS) is 1. The number of likely N-dealkylation sites (tertiary alicyclic amines) is 1. The van der Waals surface area contributed by atoms with E-state index in [4.69, 9.17) is 5.11 Å². The molecule has 1 aliphatic heterocycles. The van der Waals surface area contributed by atoms with Crippen LogP contribution < -0.4 is 0 Å². The van der Waals surface area contributed by atoms with Crippen molar-refractivity contribution in [2.75, 3.05) is 13.1 Å². The minimum atomic E-state index is -0.757. The summed E-state index contributed by atoms with van der Waals surface area (Å²) < 4.78 is 1.95. The first-order valence-corrected chi connectivity index (χ1v) is 7.14. The number of fused-ring (bicyclic) bond motifs is 1. The van der Waals surface area contributed by atoms with Crippen LogP contribution >= 0.6 is 0 Å². The topological polar surface area (TPSA) is 62.5 Å². The largest absolute Gasteiger partial charge is 0.481 e. The molecule has 0 bridgehead atoms. The lowest BCUT2D eigenvalue weighted by Gasteiger charge is -2.30. The normalized spacial score (nSPS) is 16.3. The first-order chi connectivity index (χ1) is 10.1. The van der Waals surface area contributed by atoms with Crippen LogP contribution in [0.25, 0.3) is 10.9 Å². The number of amides is 1. The lowest BCUT2D eigenvalue weighted by Crippen LogP contribution is -2.40. The van der Waals surface area contributed by atoms with Crippen molar-refractivity contribution in [1.82, 2.24) is 9.47 Å². The van der Waals surface area contributed by atoms with E-state index in [1.807, 2.05) is 42.1 Å². The van der Waals surface area contributed by atoms with Gasteiger partial charge in [0.1, 0.15) is 0 Å². The first-order valence-electron chi connectivity index (χ1n) is 7.14. The molecule has 0 radical (unpaired) electrons. The maximum atomic E-state index is 12.7. The minimum Gasteiger partial charge on any atom is -0.481 e. The number of piperidine rings is 1. The number of aliphatic carboxylic acids is 1. The van der Waals surface area contributed by atoms with Crippen LogP contribution in [-0.4, -0.2) is 39.5 Å². The van der Waals surface area contributed by atoms with Gasteiger partial charge in [0, 0.05) is 37.2 Å². The summed E-state index contributed by atoms with van der Waals surface area (Å²) in [6.45, 7) is 1.03. The molecule has 5 heteroatoms. The van der Waals surface area contributed by atoms with Crippen LogP contribution in [0.3, 0.4) is 0 Å². The Morgan fingerprint density at radius 1 is 1.19 bits per heavy atom. The fraction of sp³-hybridized carbons (Fsp3) is 0.375. The molecule has 2 heterocycles. The second-order valence-corrected chi connectivity index (χ2v) is 5.58. The zero-order valence-electron chi connectivity index (χ0n) is 12.0. The average molecular weight is 286 g/mol. The quantitative estimate of drug-likeness (QED) is 0.919. The third-order valence-corrected chi connectivity index (χ3v) is 4.26. The van der Waals surface area contributed by atoms with E-state index in [9.17, 15) is 9.59 Å². The van der Waals surface area contributed by atoms with E-state index in [-0.39, 0.29) is 11.8 Å². The molecule has 3 rings (SSSR count). The van der Waals surface area contributed by atoms with Crippen molar-refractivity contribution in [3.05, 3.63) is 36.0 Å². The number of aryl methyl sites for hydroxylation is 1. The number of hydrogen-bond donors (Lipinski definition) is 1. The van der Waals surface area contributed by atoms with Crippen molar-refractivity contribution < 1.29 is 14.7 Å². The van der Waals surface area contributed by atoms with E-state index >= 15 is 0 Å². The Morgan fingerprint density at radius 3 is 2.52 bits per heavy atom. The summed E-state index contributed by atoms with van der Waals surface area (Å²) in [6.07, 6.45) is 2.92. The summed E-state index contributed by atoms with van der Waals surface area (Å²) in [7, 11) is 1.93. The van der Waals surface area contributed by atoms with Gasteiger partial charge in [-0.05, 0) is 18.9 Å².